The third-order valence-electron chi connectivity index (χ3n) is 4.10. The van der Waals surface area contributed by atoms with Crippen LogP contribution in [0.5, 0.6) is 28.7 Å². The highest BCUT2D eigenvalue weighted by atomic mass is 16.5. The van der Waals surface area contributed by atoms with Crippen LogP contribution in [0, 0.1) is 0 Å². The number of ether oxygens (including phenoxy) is 2. The largest absolute Gasteiger partial charge is 0.508 e. The molecule has 26 heavy (non-hydrogen) atoms. The Morgan fingerprint density at radius 2 is 1.88 bits per heavy atom. The van der Waals surface area contributed by atoms with Crippen LogP contribution in [0.2, 0.25) is 0 Å². The Bertz CT molecular complexity index is 1110. The van der Waals surface area contributed by atoms with Gasteiger partial charge in [-0.1, -0.05) is 0 Å². The van der Waals surface area contributed by atoms with Gasteiger partial charge in [-0.3, -0.25) is 4.79 Å². The SMILES string of the molecule is CC1(C)C=Cc2c(ccc3c(=O)c(Oc4ccc(O)cc4O)coc23)O1. The van der Waals surface area contributed by atoms with E-state index in [2.05, 4.69) is 0 Å². The van der Waals surface area contributed by atoms with Crippen molar-refractivity contribution in [2.75, 3.05) is 0 Å². The number of benzene rings is 2. The molecule has 6 heteroatoms. The summed E-state index contributed by atoms with van der Waals surface area (Å²) in [7, 11) is 0. The lowest BCUT2D eigenvalue weighted by molar-refractivity contribution is 0.159. The van der Waals surface area contributed by atoms with E-state index >= 15 is 0 Å². The molecule has 0 atom stereocenters. The molecule has 1 aliphatic heterocycles. The highest BCUT2D eigenvalue weighted by molar-refractivity contribution is 5.89. The summed E-state index contributed by atoms with van der Waals surface area (Å²) in [6, 6.07) is 7.18. The quantitative estimate of drug-likeness (QED) is 0.719. The zero-order valence-corrected chi connectivity index (χ0v) is 14.1. The zero-order valence-electron chi connectivity index (χ0n) is 14.1. The van der Waals surface area contributed by atoms with E-state index < -0.39 is 5.60 Å². The number of phenols is 2. The Hall–Kier alpha value is -3.41. The van der Waals surface area contributed by atoms with Gasteiger partial charge in [0.15, 0.2) is 11.5 Å². The van der Waals surface area contributed by atoms with Gasteiger partial charge in [0, 0.05) is 6.07 Å². The van der Waals surface area contributed by atoms with Gasteiger partial charge in [-0.05, 0) is 50.3 Å². The molecule has 0 bridgehead atoms. The van der Waals surface area contributed by atoms with Crippen LogP contribution < -0.4 is 14.9 Å². The third-order valence-corrected chi connectivity index (χ3v) is 4.10. The van der Waals surface area contributed by atoms with Gasteiger partial charge in [-0.15, -0.1) is 0 Å². The Balaban J connectivity index is 1.80. The van der Waals surface area contributed by atoms with Crippen molar-refractivity contribution >= 4 is 17.0 Å². The second-order valence-electron chi connectivity index (χ2n) is 6.58. The standard InChI is InChI=1S/C20H16O6/c1-20(2)8-7-12-15(26-20)6-4-13-18(23)17(10-24-19(12)13)25-16-5-3-11(21)9-14(16)22/h3-10,21-22H,1-2H3. The predicted molar refractivity (Wildman–Crippen MR) is 96.1 cm³/mol. The van der Waals surface area contributed by atoms with Gasteiger partial charge in [0.05, 0.1) is 10.9 Å². The Morgan fingerprint density at radius 3 is 2.65 bits per heavy atom. The fraction of sp³-hybridized carbons (Fsp3) is 0.150. The molecule has 0 radical (unpaired) electrons. The van der Waals surface area contributed by atoms with E-state index in [0.29, 0.717) is 22.3 Å². The van der Waals surface area contributed by atoms with Crippen molar-refractivity contribution in [3.05, 3.63) is 58.5 Å². The molecule has 1 aliphatic rings. The first-order valence-electron chi connectivity index (χ1n) is 8.01. The van der Waals surface area contributed by atoms with Crippen molar-refractivity contribution in [1.29, 1.82) is 0 Å². The van der Waals surface area contributed by atoms with Gasteiger partial charge in [0.2, 0.25) is 11.2 Å². The molecular formula is C20H16O6. The first kappa shape index (κ1) is 16.1. The molecule has 2 N–H and O–H groups in total. The average molecular weight is 352 g/mol. The molecule has 0 fully saturated rings. The highest BCUT2D eigenvalue weighted by Gasteiger charge is 2.24. The maximum Gasteiger partial charge on any atom is 0.235 e. The van der Waals surface area contributed by atoms with Gasteiger partial charge in [-0.25, -0.2) is 0 Å². The van der Waals surface area contributed by atoms with Gasteiger partial charge in [0.25, 0.3) is 0 Å². The molecule has 2 heterocycles. The van der Waals surface area contributed by atoms with Crippen molar-refractivity contribution in [3.8, 4) is 28.7 Å². The minimum atomic E-state index is -0.430. The first-order valence-corrected chi connectivity index (χ1v) is 8.01. The second-order valence-corrected chi connectivity index (χ2v) is 6.58. The van der Waals surface area contributed by atoms with E-state index in [1.54, 1.807) is 12.1 Å². The topological polar surface area (TPSA) is 89.1 Å². The summed E-state index contributed by atoms with van der Waals surface area (Å²) in [5.41, 5.74) is 0.291. The van der Waals surface area contributed by atoms with E-state index in [1.807, 2.05) is 26.0 Å². The van der Waals surface area contributed by atoms with Crippen LogP contribution in [0.15, 0.2) is 51.9 Å². The fourth-order valence-corrected chi connectivity index (χ4v) is 2.82. The summed E-state index contributed by atoms with van der Waals surface area (Å²) in [4.78, 5) is 12.7. The van der Waals surface area contributed by atoms with Gasteiger partial charge < -0.3 is 24.1 Å². The normalized spacial score (nSPS) is 14.7. The number of fused-ring (bicyclic) bond motifs is 3. The van der Waals surface area contributed by atoms with Crippen molar-refractivity contribution < 1.29 is 24.1 Å². The summed E-state index contributed by atoms with van der Waals surface area (Å²) >= 11 is 0. The zero-order chi connectivity index (χ0) is 18.5. The minimum absolute atomic E-state index is 0.0392. The summed E-state index contributed by atoms with van der Waals surface area (Å²) in [6.45, 7) is 3.88. The molecule has 0 spiro atoms. The number of hydrogen-bond acceptors (Lipinski definition) is 6. The van der Waals surface area contributed by atoms with Crippen LogP contribution >= 0.6 is 0 Å². The number of hydrogen-bond donors (Lipinski definition) is 2. The van der Waals surface area contributed by atoms with Crippen molar-refractivity contribution in [1.82, 2.24) is 0 Å². The van der Waals surface area contributed by atoms with E-state index in [9.17, 15) is 15.0 Å². The molecule has 0 aliphatic carbocycles. The molecule has 6 nitrogen and oxygen atoms in total. The molecule has 2 aromatic carbocycles. The molecule has 1 aromatic heterocycles. The van der Waals surface area contributed by atoms with Crippen LogP contribution in [0.25, 0.3) is 17.0 Å². The molecular weight excluding hydrogens is 336 g/mol. The predicted octanol–water partition coefficient (Wildman–Crippen LogP) is 4.18. The smallest absolute Gasteiger partial charge is 0.235 e. The lowest BCUT2D eigenvalue weighted by Gasteiger charge is -2.27. The van der Waals surface area contributed by atoms with Crippen LogP contribution in [0.3, 0.4) is 0 Å². The van der Waals surface area contributed by atoms with E-state index in [1.165, 1.54) is 18.4 Å². The van der Waals surface area contributed by atoms with Crippen molar-refractivity contribution in [2.45, 2.75) is 19.4 Å². The van der Waals surface area contributed by atoms with E-state index in [4.69, 9.17) is 13.9 Å². The van der Waals surface area contributed by atoms with Crippen LogP contribution in [-0.4, -0.2) is 15.8 Å². The summed E-state index contributed by atoms with van der Waals surface area (Å²) < 4.78 is 17.0. The lowest BCUT2D eigenvalue weighted by atomic mass is 10.0. The van der Waals surface area contributed by atoms with Gasteiger partial charge in [0.1, 0.15) is 28.9 Å². The van der Waals surface area contributed by atoms with Crippen LogP contribution in [0.4, 0.5) is 0 Å². The first-order chi connectivity index (χ1) is 12.3. The molecule has 0 saturated heterocycles. The molecule has 0 unspecified atom stereocenters. The maximum atomic E-state index is 12.7. The molecule has 132 valence electrons. The third kappa shape index (κ3) is 2.65. The van der Waals surface area contributed by atoms with Gasteiger partial charge in [-0.2, -0.15) is 0 Å². The Morgan fingerprint density at radius 1 is 1.08 bits per heavy atom. The number of aromatic hydroxyl groups is 2. The average Bonchev–Trinajstić information content (AvgIpc) is 2.58. The minimum Gasteiger partial charge on any atom is -0.508 e. The van der Waals surface area contributed by atoms with E-state index in [0.717, 1.165) is 6.07 Å². The highest BCUT2D eigenvalue weighted by Crippen LogP contribution is 2.37. The Kier molecular flexibility index (Phi) is 3.44. The van der Waals surface area contributed by atoms with Crippen molar-refractivity contribution in [2.24, 2.45) is 0 Å². The van der Waals surface area contributed by atoms with Crippen LogP contribution in [-0.2, 0) is 0 Å². The number of rotatable bonds is 2. The Labute approximate surface area is 148 Å². The fourth-order valence-electron chi connectivity index (χ4n) is 2.82. The molecule has 0 saturated carbocycles. The van der Waals surface area contributed by atoms with E-state index in [-0.39, 0.29) is 28.4 Å². The summed E-state index contributed by atoms with van der Waals surface area (Å²) in [6.07, 6.45) is 4.97. The van der Waals surface area contributed by atoms with Gasteiger partial charge >= 0.3 is 0 Å². The lowest BCUT2D eigenvalue weighted by Crippen LogP contribution is -2.27. The molecule has 3 aromatic rings. The molecule has 4 rings (SSSR count). The summed E-state index contributed by atoms with van der Waals surface area (Å²) in [5.74, 6) is 0.213. The second kappa shape index (κ2) is 5.56. The van der Waals surface area contributed by atoms with Crippen LogP contribution in [0.1, 0.15) is 19.4 Å². The summed E-state index contributed by atoms with van der Waals surface area (Å²) in [5, 5.41) is 19.5. The van der Waals surface area contributed by atoms with Crippen molar-refractivity contribution in [3.63, 3.8) is 0 Å². The molecule has 0 amide bonds. The maximum absolute atomic E-state index is 12.7. The monoisotopic (exact) mass is 352 g/mol. The number of phenolic OH excluding ortho intramolecular Hbond substituents is 2.